The molecule has 3 nitrogen and oxygen atoms in total. The molecule has 1 aromatic rings. The van der Waals surface area contributed by atoms with Crippen LogP contribution in [0.15, 0.2) is 30.3 Å². The van der Waals surface area contributed by atoms with Crippen LogP contribution in [-0.4, -0.2) is 11.1 Å². The van der Waals surface area contributed by atoms with Crippen molar-refractivity contribution in [1.82, 2.24) is 0 Å². The van der Waals surface area contributed by atoms with Gasteiger partial charge in [-0.15, -0.1) is 0 Å². The Morgan fingerprint density at radius 2 is 1.64 bits per heavy atom. The van der Waals surface area contributed by atoms with E-state index < -0.39 is 5.97 Å². The summed E-state index contributed by atoms with van der Waals surface area (Å²) in [6, 6.07) is 8.30. The Balaban J connectivity index is 0.000000461. The van der Waals surface area contributed by atoms with Crippen molar-refractivity contribution < 1.29 is 50.6 Å². The summed E-state index contributed by atoms with van der Waals surface area (Å²) in [7, 11) is 0. The zero-order chi connectivity index (χ0) is 8.69. The summed E-state index contributed by atoms with van der Waals surface area (Å²) in [5.74, 6) is -0.879. The van der Waals surface area contributed by atoms with E-state index in [1.807, 2.05) is 0 Å². The first kappa shape index (κ1) is 10.9. The van der Waals surface area contributed by atoms with Crippen molar-refractivity contribution in [3.63, 3.8) is 0 Å². The first-order chi connectivity index (χ1) is 5.30. The molecule has 0 aliphatic heterocycles. The molecule has 1 aromatic carbocycles. The van der Waals surface area contributed by atoms with Gasteiger partial charge in [-0.1, -0.05) is 18.2 Å². The van der Waals surface area contributed by atoms with Gasteiger partial charge >= 0.3 is 46.7 Å². The summed E-state index contributed by atoms with van der Waals surface area (Å²) in [6.07, 6.45) is 0. The number of hydrogen-bond acceptors (Lipinski definition) is 2. The van der Waals surface area contributed by atoms with Gasteiger partial charge in [-0.2, -0.15) is 0 Å². The summed E-state index contributed by atoms with van der Waals surface area (Å²) in [6.45, 7) is 0. The second-order valence-electron chi connectivity index (χ2n) is 1.67. The number of rotatable bonds is 1. The molecule has 0 aliphatic carbocycles. The monoisotopic (exact) mass is 278 g/mol. The maximum atomic E-state index is 10.2. The van der Waals surface area contributed by atoms with Gasteiger partial charge in [-0.05, 0) is 12.1 Å². The molecule has 0 amide bonds. The summed E-state index contributed by atoms with van der Waals surface area (Å²) >= 11 is 0.0556. The van der Waals surface area contributed by atoms with E-state index in [4.69, 9.17) is 6.04 Å². The van der Waals surface area contributed by atoms with Gasteiger partial charge in [0.2, 0.25) is 0 Å². The van der Waals surface area contributed by atoms with Crippen LogP contribution < -0.4 is 0 Å². The Morgan fingerprint density at radius 3 is 1.91 bits per heavy atom. The second kappa shape index (κ2) is 6.57. The van der Waals surface area contributed by atoms with Crippen LogP contribution in [0.2, 0.25) is 0 Å². The zero-order valence-electron chi connectivity index (χ0n) is 5.65. The molecular formula is C7H6CeO3. The number of carboxylic acids is 1. The predicted octanol–water partition coefficient (Wildman–Crippen LogP) is 1.27. The van der Waals surface area contributed by atoms with Crippen molar-refractivity contribution in [3.8, 4) is 0 Å². The van der Waals surface area contributed by atoms with Crippen LogP contribution in [0.25, 0.3) is 0 Å². The van der Waals surface area contributed by atoms with Crippen LogP contribution in [0.4, 0.5) is 0 Å². The molecule has 4 heteroatoms. The van der Waals surface area contributed by atoms with Crippen LogP contribution in [0.5, 0.6) is 0 Å². The number of carbonyl (C=O) groups is 1. The summed E-state index contributed by atoms with van der Waals surface area (Å²) in [5, 5.41) is 8.38. The van der Waals surface area contributed by atoms with E-state index in [0.29, 0.717) is 5.56 Å². The van der Waals surface area contributed by atoms with Crippen LogP contribution >= 0.6 is 0 Å². The molecule has 0 bridgehead atoms. The van der Waals surface area contributed by atoms with Gasteiger partial charge in [0, 0.05) is 0 Å². The van der Waals surface area contributed by atoms with Crippen molar-refractivity contribution in [1.29, 1.82) is 0 Å². The molecule has 0 atom stereocenters. The Hall–Kier alpha value is -0.133. The third-order valence-electron chi connectivity index (χ3n) is 1.02. The quantitative estimate of drug-likeness (QED) is 0.841. The van der Waals surface area contributed by atoms with Crippen LogP contribution in [0.1, 0.15) is 10.4 Å². The van der Waals surface area contributed by atoms with E-state index in [9.17, 15) is 4.79 Å². The van der Waals surface area contributed by atoms with E-state index >= 15 is 0 Å². The van der Waals surface area contributed by atoms with Gasteiger partial charge in [0.25, 0.3) is 0 Å². The third kappa shape index (κ3) is 4.34. The average Bonchev–Trinajstić information content (AvgIpc) is 2.10. The Labute approximate surface area is 91.6 Å². The molecule has 0 saturated heterocycles. The molecule has 0 fully saturated rings. The minimum absolute atomic E-state index is 0.0556. The van der Waals surface area contributed by atoms with Crippen molar-refractivity contribution in [2.45, 2.75) is 0 Å². The second-order valence-corrected chi connectivity index (χ2v) is 1.67. The first-order valence-electron chi connectivity index (χ1n) is 2.79. The topological polar surface area (TPSA) is 54.4 Å². The molecule has 0 unspecified atom stereocenters. The van der Waals surface area contributed by atoms with Gasteiger partial charge in [0.15, 0.2) is 0 Å². The number of aromatic carboxylic acids is 1. The van der Waals surface area contributed by atoms with Gasteiger partial charge in [-0.25, -0.2) is 4.79 Å². The molecule has 11 heavy (non-hydrogen) atoms. The standard InChI is InChI=1S/C7H6O2.Ce.O/c8-7(9)6-4-2-1-3-5-6;;/h1-5H,(H,8,9);;. The van der Waals surface area contributed by atoms with Crippen LogP contribution in [0.3, 0.4) is 0 Å². The third-order valence-corrected chi connectivity index (χ3v) is 1.02. The molecule has 1 N–H and O–H groups in total. The number of carboxylic acid groups (broad SMARTS) is 1. The van der Waals surface area contributed by atoms with Gasteiger partial charge in [0.05, 0.1) is 5.56 Å². The van der Waals surface area contributed by atoms with Crippen LogP contribution in [-0.2, 0) is 0.938 Å². The fourth-order valence-electron chi connectivity index (χ4n) is 0.581. The van der Waals surface area contributed by atoms with E-state index in [0.717, 1.165) is 0 Å². The number of benzene rings is 1. The van der Waals surface area contributed by atoms with E-state index in [1.54, 1.807) is 30.3 Å². The molecule has 0 saturated carbocycles. The van der Waals surface area contributed by atoms with Gasteiger partial charge in [-0.3, -0.25) is 0 Å². The predicted molar refractivity (Wildman–Crippen MR) is 34.1 cm³/mol. The van der Waals surface area contributed by atoms with Crippen molar-refractivity contribution in [2.75, 3.05) is 0 Å². The summed E-state index contributed by atoms with van der Waals surface area (Å²) < 4.78 is 8.39. The van der Waals surface area contributed by atoms with Crippen LogP contribution in [0, 0.1) is 39.8 Å². The maximum absolute atomic E-state index is 10.2. The number of hydrogen-bond donors (Lipinski definition) is 1. The van der Waals surface area contributed by atoms with Crippen molar-refractivity contribution >= 4 is 5.97 Å². The molecule has 56 valence electrons. The average molecular weight is 278 g/mol. The Kier molecular flexibility index (Phi) is 6.49. The van der Waals surface area contributed by atoms with Crippen molar-refractivity contribution in [3.05, 3.63) is 35.9 Å². The fraction of sp³-hybridized carbons (Fsp3) is 0. The summed E-state index contributed by atoms with van der Waals surface area (Å²) in [5.41, 5.74) is 0.331. The van der Waals surface area contributed by atoms with Gasteiger partial charge < -0.3 is 5.11 Å². The zero-order valence-corrected chi connectivity index (χ0v) is 8.79. The normalized spacial score (nSPS) is 7.55. The molecule has 0 aliphatic rings. The molecule has 1 rings (SSSR count). The van der Waals surface area contributed by atoms with Gasteiger partial charge in [0.1, 0.15) is 0 Å². The molecule has 0 spiro atoms. The Bertz CT molecular complexity index is 222. The summed E-state index contributed by atoms with van der Waals surface area (Å²) in [4.78, 5) is 10.2. The molecule has 0 radical (unpaired) electrons. The molecule has 0 heterocycles. The SMILES string of the molecule is O=C(O)c1ccccc1.[O]=[Ce]. The van der Waals surface area contributed by atoms with E-state index in [2.05, 4.69) is 0 Å². The molecular weight excluding hydrogens is 272 g/mol. The van der Waals surface area contributed by atoms with E-state index in [-0.39, 0.29) is 39.8 Å². The first-order valence-corrected chi connectivity index (χ1v) is 4.07. The minimum atomic E-state index is -0.879. The fourth-order valence-corrected chi connectivity index (χ4v) is 0.581. The van der Waals surface area contributed by atoms with Crippen molar-refractivity contribution in [2.24, 2.45) is 0 Å². The Morgan fingerprint density at radius 1 is 1.18 bits per heavy atom. The molecule has 0 aromatic heterocycles. The van der Waals surface area contributed by atoms with E-state index in [1.165, 1.54) is 0 Å².